The number of nitrogens with one attached hydrogen (secondary N) is 1. The minimum Gasteiger partial charge on any atom is -0.379 e. The molecule has 1 aromatic rings. The Labute approximate surface area is 104 Å². The van der Waals surface area contributed by atoms with Gasteiger partial charge in [0.25, 0.3) is 0 Å². The van der Waals surface area contributed by atoms with E-state index in [9.17, 15) is 9.59 Å². The second-order valence-corrected chi connectivity index (χ2v) is 4.24. The first-order chi connectivity index (χ1) is 8.58. The van der Waals surface area contributed by atoms with E-state index in [2.05, 4.69) is 5.32 Å². The summed E-state index contributed by atoms with van der Waals surface area (Å²) in [6.45, 7) is 0.710. The lowest BCUT2D eigenvalue weighted by Crippen LogP contribution is -2.37. The topological polar surface area (TPSA) is 107 Å². The summed E-state index contributed by atoms with van der Waals surface area (Å²) >= 11 is 0. The molecule has 6 nitrogen and oxygen atoms in total. The van der Waals surface area contributed by atoms with E-state index in [0.29, 0.717) is 24.5 Å². The van der Waals surface area contributed by atoms with Gasteiger partial charge in [-0.1, -0.05) is 6.07 Å². The van der Waals surface area contributed by atoms with Crippen molar-refractivity contribution in [3.05, 3.63) is 29.8 Å². The molecule has 5 N–H and O–H groups in total. The van der Waals surface area contributed by atoms with Crippen LogP contribution in [0, 0.1) is 5.92 Å². The number of carbonyl (C=O) groups is 2. The molecule has 2 rings (SSSR count). The molecule has 0 saturated carbocycles. The highest BCUT2D eigenvalue weighted by Gasteiger charge is 2.31. The van der Waals surface area contributed by atoms with Crippen molar-refractivity contribution >= 4 is 17.5 Å². The van der Waals surface area contributed by atoms with Crippen molar-refractivity contribution < 1.29 is 14.3 Å². The van der Waals surface area contributed by atoms with Gasteiger partial charge in [-0.15, -0.1) is 0 Å². The molecule has 0 aromatic heterocycles. The minimum atomic E-state index is -0.535. The first-order valence-electron chi connectivity index (χ1n) is 5.62. The van der Waals surface area contributed by atoms with Crippen LogP contribution in [-0.4, -0.2) is 31.1 Å². The Bertz CT molecular complexity index is 475. The van der Waals surface area contributed by atoms with E-state index in [-0.39, 0.29) is 17.9 Å². The second kappa shape index (κ2) is 5.16. The lowest BCUT2D eigenvalue weighted by atomic mass is 10.0. The molecule has 1 saturated heterocycles. The molecule has 0 spiro atoms. The van der Waals surface area contributed by atoms with Gasteiger partial charge in [-0.05, 0) is 18.2 Å². The number of hydrogen-bond donors (Lipinski definition) is 3. The number of hydrogen-bond acceptors (Lipinski definition) is 4. The number of carbonyl (C=O) groups excluding carboxylic acids is 2. The van der Waals surface area contributed by atoms with E-state index in [1.807, 2.05) is 0 Å². The number of ether oxygens (including phenoxy) is 1. The maximum absolute atomic E-state index is 11.9. The van der Waals surface area contributed by atoms with Gasteiger partial charge >= 0.3 is 0 Å². The highest BCUT2D eigenvalue weighted by Crippen LogP contribution is 2.16. The maximum atomic E-state index is 11.9. The molecule has 0 radical (unpaired) electrons. The Morgan fingerprint density at radius 1 is 1.33 bits per heavy atom. The Hall–Kier alpha value is -1.92. The van der Waals surface area contributed by atoms with Crippen molar-refractivity contribution in [2.24, 2.45) is 17.4 Å². The van der Waals surface area contributed by atoms with Crippen LogP contribution in [-0.2, 0) is 9.53 Å². The van der Waals surface area contributed by atoms with Gasteiger partial charge in [0, 0.05) is 17.3 Å². The van der Waals surface area contributed by atoms with Gasteiger partial charge in [-0.2, -0.15) is 0 Å². The summed E-state index contributed by atoms with van der Waals surface area (Å²) in [6.07, 6.45) is 0. The Balaban J connectivity index is 2.07. The third-order valence-corrected chi connectivity index (χ3v) is 2.88. The number of rotatable bonds is 3. The number of anilines is 1. The van der Waals surface area contributed by atoms with Crippen LogP contribution in [0.15, 0.2) is 24.3 Å². The van der Waals surface area contributed by atoms with Crippen molar-refractivity contribution in [3.63, 3.8) is 0 Å². The van der Waals surface area contributed by atoms with Gasteiger partial charge in [-0.3, -0.25) is 9.59 Å². The molecule has 18 heavy (non-hydrogen) atoms. The van der Waals surface area contributed by atoms with E-state index in [1.54, 1.807) is 18.2 Å². The van der Waals surface area contributed by atoms with E-state index < -0.39 is 5.91 Å². The summed E-state index contributed by atoms with van der Waals surface area (Å²) in [5.74, 6) is -1.10. The van der Waals surface area contributed by atoms with Gasteiger partial charge in [0.1, 0.15) is 0 Å². The van der Waals surface area contributed by atoms with Gasteiger partial charge in [-0.25, -0.2) is 0 Å². The monoisotopic (exact) mass is 249 g/mol. The highest BCUT2D eigenvalue weighted by molar-refractivity contribution is 5.97. The molecule has 0 bridgehead atoms. The van der Waals surface area contributed by atoms with E-state index in [4.69, 9.17) is 16.2 Å². The third-order valence-electron chi connectivity index (χ3n) is 2.88. The summed E-state index contributed by atoms with van der Waals surface area (Å²) in [5.41, 5.74) is 11.8. The number of amides is 2. The predicted molar refractivity (Wildman–Crippen MR) is 65.9 cm³/mol. The van der Waals surface area contributed by atoms with E-state index in [0.717, 1.165) is 0 Å². The molecule has 0 aliphatic carbocycles. The van der Waals surface area contributed by atoms with Crippen LogP contribution in [0.4, 0.5) is 5.69 Å². The molecule has 96 valence electrons. The normalized spacial score (nSPS) is 22.7. The first kappa shape index (κ1) is 12.5. The van der Waals surface area contributed by atoms with E-state index >= 15 is 0 Å². The Morgan fingerprint density at radius 2 is 2.11 bits per heavy atom. The van der Waals surface area contributed by atoms with Crippen molar-refractivity contribution in [2.45, 2.75) is 6.04 Å². The smallest absolute Gasteiger partial charge is 0.248 e. The molecule has 6 heteroatoms. The molecule has 1 aliphatic heterocycles. The van der Waals surface area contributed by atoms with Crippen molar-refractivity contribution in [3.8, 4) is 0 Å². The summed E-state index contributed by atoms with van der Waals surface area (Å²) < 4.78 is 5.13. The van der Waals surface area contributed by atoms with Crippen molar-refractivity contribution in [1.29, 1.82) is 0 Å². The summed E-state index contributed by atoms with van der Waals surface area (Å²) in [6, 6.07) is 6.17. The SMILES string of the molecule is NC(=O)c1cccc(NC(=O)C2COCC2N)c1. The fraction of sp³-hybridized carbons (Fsp3) is 0.333. The zero-order valence-corrected chi connectivity index (χ0v) is 9.76. The molecule has 2 atom stereocenters. The zero-order chi connectivity index (χ0) is 13.1. The second-order valence-electron chi connectivity index (χ2n) is 4.24. The molecule has 1 aromatic carbocycles. The lowest BCUT2D eigenvalue weighted by Gasteiger charge is -2.13. The average Bonchev–Trinajstić information content (AvgIpc) is 2.76. The van der Waals surface area contributed by atoms with Crippen LogP contribution in [0.5, 0.6) is 0 Å². The maximum Gasteiger partial charge on any atom is 0.248 e. The first-order valence-corrected chi connectivity index (χ1v) is 5.62. The van der Waals surface area contributed by atoms with Gasteiger partial charge in [0.05, 0.1) is 19.1 Å². The largest absolute Gasteiger partial charge is 0.379 e. The molecule has 2 unspecified atom stereocenters. The van der Waals surface area contributed by atoms with Gasteiger partial charge in [0.15, 0.2) is 0 Å². The van der Waals surface area contributed by atoms with Gasteiger partial charge < -0.3 is 21.5 Å². The van der Waals surface area contributed by atoms with Crippen LogP contribution in [0.3, 0.4) is 0 Å². The molecule has 1 fully saturated rings. The summed E-state index contributed by atoms with van der Waals surface area (Å²) in [5, 5.41) is 2.70. The fourth-order valence-corrected chi connectivity index (χ4v) is 1.83. The number of benzene rings is 1. The van der Waals surface area contributed by atoms with Crippen LogP contribution >= 0.6 is 0 Å². The van der Waals surface area contributed by atoms with Crippen molar-refractivity contribution in [1.82, 2.24) is 0 Å². The zero-order valence-electron chi connectivity index (χ0n) is 9.76. The molecule has 1 aliphatic rings. The quantitative estimate of drug-likeness (QED) is 0.683. The molecule has 2 amide bonds. The fourth-order valence-electron chi connectivity index (χ4n) is 1.83. The van der Waals surface area contributed by atoms with Crippen LogP contribution < -0.4 is 16.8 Å². The predicted octanol–water partition coefficient (Wildman–Crippen LogP) is -0.302. The van der Waals surface area contributed by atoms with Crippen LogP contribution in [0.1, 0.15) is 10.4 Å². The molecule has 1 heterocycles. The Kier molecular flexibility index (Phi) is 3.59. The van der Waals surface area contributed by atoms with Crippen molar-refractivity contribution in [2.75, 3.05) is 18.5 Å². The third kappa shape index (κ3) is 2.66. The lowest BCUT2D eigenvalue weighted by molar-refractivity contribution is -0.120. The summed E-state index contributed by atoms with van der Waals surface area (Å²) in [7, 11) is 0. The van der Waals surface area contributed by atoms with Crippen LogP contribution in [0.25, 0.3) is 0 Å². The van der Waals surface area contributed by atoms with E-state index in [1.165, 1.54) is 6.07 Å². The molecular weight excluding hydrogens is 234 g/mol. The number of nitrogens with two attached hydrogens (primary N) is 2. The number of primary amides is 1. The van der Waals surface area contributed by atoms with Gasteiger partial charge in [0.2, 0.25) is 11.8 Å². The van der Waals surface area contributed by atoms with Crippen LogP contribution in [0.2, 0.25) is 0 Å². The highest BCUT2D eigenvalue weighted by atomic mass is 16.5. The Morgan fingerprint density at radius 3 is 2.72 bits per heavy atom. The standard InChI is InChI=1S/C12H15N3O3/c13-10-6-18-5-9(10)12(17)15-8-3-1-2-7(4-8)11(14)16/h1-4,9-10H,5-6,13H2,(H2,14,16)(H,15,17). The summed E-state index contributed by atoms with van der Waals surface area (Å²) in [4.78, 5) is 22.9. The average molecular weight is 249 g/mol. The minimum absolute atomic E-state index is 0.207. The molecular formula is C12H15N3O3.